The predicted molar refractivity (Wildman–Crippen MR) is 92.7 cm³/mol. The standard InChI is InChI=1S/C18H24N2O4/c1-5-8-20-12(3)16(17(21)19-10-11(2)18(22)23)14-9-13(24-4)6-7-15(14)20/h6-7,9,11H,5,8,10H2,1-4H3,(H,19,21)(H,22,23). The van der Waals surface area contributed by atoms with Gasteiger partial charge in [0.15, 0.2) is 0 Å². The van der Waals surface area contributed by atoms with Crippen LogP contribution in [0.5, 0.6) is 5.75 Å². The van der Waals surface area contributed by atoms with Crippen LogP contribution in [0.15, 0.2) is 18.2 Å². The average molecular weight is 332 g/mol. The fraction of sp³-hybridized carbons (Fsp3) is 0.444. The Kier molecular flexibility index (Phi) is 5.49. The summed E-state index contributed by atoms with van der Waals surface area (Å²) < 4.78 is 7.39. The fourth-order valence-corrected chi connectivity index (χ4v) is 2.81. The number of aromatic nitrogens is 1. The summed E-state index contributed by atoms with van der Waals surface area (Å²) in [7, 11) is 1.59. The number of nitrogens with one attached hydrogen (secondary N) is 1. The van der Waals surface area contributed by atoms with Crippen LogP contribution in [0.4, 0.5) is 0 Å². The molecule has 1 aromatic heterocycles. The molecular weight excluding hydrogens is 308 g/mol. The molecule has 6 nitrogen and oxygen atoms in total. The van der Waals surface area contributed by atoms with E-state index in [0.717, 1.165) is 29.6 Å². The highest BCUT2D eigenvalue weighted by molar-refractivity contribution is 6.08. The molecule has 2 N–H and O–H groups in total. The van der Waals surface area contributed by atoms with E-state index in [4.69, 9.17) is 9.84 Å². The number of ether oxygens (including phenoxy) is 1. The van der Waals surface area contributed by atoms with Crippen LogP contribution in [-0.2, 0) is 11.3 Å². The van der Waals surface area contributed by atoms with Crippen LogP contribution in [0.2, 0.25) is 0 Å². The molecule has 1 amide bonds. The number of rotatable bonds is 7. The summed E-state index contributed by atoms with van der Waals surface area (Å²) in [6, 6.07) is 5.68. The number of hydrogen-bond donors (Lipinski definition) is 2. The number of nitrogens with zero attached hydrogens (tertiary/aromatic N) is 1. The van der Waals surface area contributed by atoms with E-state index in [1.165, 1.54) is 0 Å². The van der Waals surface area contributed by atoms with Gasteiger partial charge in [0, 0.05) is 29.7 Å². The SMILES string of the molecule is CCCn1c(C)c(C(=O)NCC(C)C(=O)O)c2cc(OC)ccc21. The zero-order valence-corrected chi connectivity index (χ0v) is 14.5. The summed E-state index contributed by atoms with van der Waals surface area (Å²) >= 11 is 0. The maximum Gasteiger partial charge on any atom is 0.308 e. The van der Waals surface area contributed by atoms with Gasteiger partial charge in [-0.2, -0.15) is 0 Å². The van der Waals surface area contributed by atoms with E-state index in [2.05, 4.69) is 16.8 Å². The Labute approximate surface area is 141 Å². The number of aryl methyl sites for hydroxylation is 1. The first-order valence-electron chi connectivity index (χ1n) is 8.08. The number of methoxy groups -OCH3 is 1. The lowest BCUT2D eigenvalue weighted by Gasteiger charge is -2.09. The second kappa shape index (κ2) is 7.38. The molecule has 0 radical (unpaired) electrons. The molecule has 1 unspecified atom stereocenters. The Hall–Kier alpha value is -2.50. The number of aliphatic carboxylic acids is 1. The number of benzene rings is 1. The van der Waals surface area contributed by atoms with Crippen molar-refractivity contribution in [3.8, 4) is 5.75 Å². The highest BCUT2D eigenvalue weighted by Crippen LogP contribution is 2.29. The Morgan fingerprint density at radius 1 is 1.38 bits per heavy atom. The van der Waals surface area contributed by atoms with Gasteiger partial charge in [-0.05, 0) is 31.5 Å². The van der Waals surface area contributed by atoms with Crippen molar-refractivity contribution in [2.45, 2.75) is 33.7 Å². The molecule has 6 heteroatoms. The van der Waals surface area contributed by atoms with Crippen LogP contribution >= 0.6 is 0 Å². The first kappa shape index (κ1) is 17.8. The molecule has 1 aromatic carbocycles. The molecule has 0 spiro atoms. The maximum absolute atomic E-state index is 12.7. The van der Waals surface area contributed by atoms with E-state index in [0.29, 0.717) is 11.3 Å². The Balaban J connectivity index is 2.45. The number of carboxylic acids is 1. The van der Waals surface area contributed by atoms with Crippen molar-refractivity contribution in [2.24, 2.45) is 5.92 Å². The number of carbonyl (C=O) groups is 2. The van der Waals surface area contributed by atoms with Crippen molar-refractivity contribution in [1.82, 2.24) is 9.88 Å². The van der Waals surface area contributed by atoms with E-state index in [1.807, 2.05) is 25.1 Å². The molecular formula is C18H24N2O4. The minimum Gasteiger partial charge on any atom is -0.497 e. The van der Waals surface area contributed by atoms with Gasteiger partial charge < -0.3 is 19.7 Å². The highest BCUT2D eigenvalue weighted by Gasteiger charge is 2.21. The summed E-state index contributed by atoms with van der Waals surface area (Å²) in [5, 5.41) is 12.5. The minimum absolute atomic E-state index is 0.0953. The lowest BCUT2D eigenvalue weighted by molar-refractivity contribution is -0.140. The predicted octanol–water partition coefficient (Wildman–Crippen LogP) is 2.82. The van der Waals surface area contributed by atoms with Gasteiger partial charge >= 0.3 is 5.97 Å². The second-order valence-electron chi connectivity index (χ2n) is 5.94. The third-order valence-electron chi connectivity index (χ3n) is 4.20. The number of carbonyl (C=O) groups excluding carboxylic acids is 1. The van der Waals surface area contributed by atoms with E-state index in [-0.39, 0.29) is 12.5 Å². The molecule has 0 bridgehead atoms. The van der Waals surface area contributed by atoms with Crippen molar-refractivity contribution in [2.75, 3.05) is 13.7 Å². The molecule has 0 aliphatic heterocycles. The van der Waals surface area contributed by atoms with Crippen LogP contribution in [0.3, 0.4) is 0 Å². The molecule has 0 fully saturated rings. The van der Waals surface area contributed by atoms with Crippen molar-refractivity contribution in [3.05, 3.63) is 29.5 Å². The molecule has 2 rings (SSSR count). The fourth-order valence-electron chi connectivity index (χ4n) is 2.81. The van der Waals surface area contributed by atoms with E-state index in [1.54, 1.807) is 14.0 Å². The normalized spacial score (nSPS) is 12.2. The Morgan fingerprint density at radius 3 is 2.67 bits per heavy atom. The van der Waals surface area contributed by atoms with Crippen LogP contribution in [0, 0.1) is 12.8 Å². The van der Waals surface area contributed by atoms with Crippen LogP contribution in [0.25, 0.3) is 10.9 Å². The van der Waals surface area contributed by atoms with E-state index < -0.39 is 11.9 Å². The highest BCUT2D eigenvalue weighted by atomic mass is 16.5. The zero-order valence-electron chi connectivity index (χ0n) is 14.5. The third-order valence-corrected chi connectivity index (χ3v) is 4.20. The Bertz CT molecular complexity index is 764. The second-order valence-corrected chi connectivity index (χ2v) is 5.94. The zero-order chi connectivity index (χ0) is 17.9. The van der Waals surface area contributed by atoms with Gasteiger partial charge in [0.05, 0.1) is 18.6 Å². The van der Waals surface area contributed by atoms with Gasteiger partial charge in [-0.15, -0.1) is 0 Å². The summed E-state index contributed by atoms with van der Waals surface area (Å²) in [5.74, 6) is -1.13. The number of amides is 1. The Morgan fingerprint density at radius 2 is 2.08 bits per heavy atom. The van der Waals surface area contributed by atoms with Gasteiger partial charge in [0.25, 0.3) is 5.91 Å². The van der Waals surface area contributed by atoms with Gasteiger partial charge in [0.2, 0.25) is 0 Å². The molecule has 1 heterocycles. The summed E-state index contributed by atoms with van der Waals surface area (Å²) in [6.07, 6.45) is 0.952. The molecule has 0 aliphatic carbocycles. The van der Waals surface area contributed by atoms with Crippen molar-refractivity contribution >= 4 is 22.8 Å². The largest absolute Gasteiger partial charge is 0.497 e. The first-order chi connectivity index (χ1) is 11.4. The lowest BCUT2D eigenvalue weighted by Crippen LogP contribution is -2.31. The van der Waals surface area contributed by atoms with Crippen molar-refractivity contribution in [3.63, 3.8) is 0 Å². The molecule has 1 atom stereocenters. The lowest BCUT2D eigenvalue weighted by atomic mass is 10.1. The van der Waals surface area contributed by atoms with Gasteiger partial charge in [-0.3, -0.25) is 9.59 Å². The first-order valence-corrected chi connectivity index (χ1v) is 8.08. The van der Waals surface area contributed by atoms with Crippen LogP contribution < -0.4 is 10.1 Å². The van der Waals surface area contributed by atoms with Gasteiger partial charge in [-0.25, -0.2) is 0 Å². The van der Waals surface area contributed by atoms with Gasteiger partial charge in [0.1, 0.15) is 5.75 Å². The van der Waals surface area contributed by atoms with Gasteiger partial charge in [-0.1, -0.05) is 13.8 Å². The molecule has 24 heavy (non-hydrogen) atoms. The number of fused-ring (bicyclic) bond motifs is 1. The number of hydrogen-bond acceptors (Lipinski definition) is 3. The third kappa shape index (κ3) is 3.37. The van der Waals surface area contributed by atoms with Crippen LogP contribution in [0.1, 0.15) is 36.3 Å². The minimum atomic E-state index is -0.929. The smallest absolute Gasteiger partial charge is 0.308 e. The summed E-state index contributed by atoms with van der Waals surface area (Å²) in [6.45, 7) is 6.48. The quantitative estimate of drug-likeness (QED) is 0.817. The van der Waals surface area contributed by atoms with Crippen molar-refractivity contribution in [1.29, 1.82) is 0 Å². The average Bonchev–Trinajstić information content (AvgIpc) is 2.84. The van der Waals surface area contributed by atoms with E-state index >= 15 is 0 Å². The molecule has 0 aliphatic rings. The topological polar surface area (TPSA) is 80.6 Å². The molecule has 130 valence electrons. The van der Waals surface area contributed by atoms with Crippen LogP contribution in [-0.4, -0.2) is 35.2 Å². The molecule has 0 saturated carbocycles. The molecule has 0 saturated heterocycles. The maximum atomic E-state index is 12.7. The van der Waals surface area contributed by atoms with Crippen molar-refractivity contribution < 1.29 is 19.4 Å². The summed E-state index contributed by atoms with van der Waals surface area (Å²) in [5.41, 5.74) is 2.43. The monoisotopic (exact) mass is 332 g/mol. The van der Waals surface area contributed by atoms with E-state index in [9.17, 15) is 9.59 Å². The number of carboxylic acid groups (broad SMARTS) is 1. The molecule has 2 aromatic rings. The summed E-state index contributed by atoms with van der Waals surface area (Å²) in [4.78, 5) is 23.6.